The van der Waals surface area contributed by atoms with Crippen molar-refractivity contribution in [2.24, 2.45) is 0 Å². The molecule has 0 radical (unpaired) electrons. The molecule has 0 bridgehead atoms. The van der Waals surface area contributed by atoms with E-state index in [1.165, 1.54) is 11.3 Å². The molecule has 3 aromatic carbocycles. The number of nitrogens with zero attached hydrogens (tertiary/aromatic N) is 4. The summed E-state index contributed by atoms with van der Waals surface area (Å²) in [5, 5.41) is 5.38. The lowest BCUT2D eigenvalue weighted by atomic mass is 9.86. The number of benzene rings is 3. The normalized spacial score (nSPS) is 17.5. The SMILES string of the molecule is CN1CCN(c2cc(N3CCc4ccccc43)c3c4c(onc24)-c2ccccc2C3=O)CC1. The van der Waals surface area contributed by atoms with Crippen molar-refractivity contribution in [3.8, 4) is 11.3 Å². The Morgan fingerprint density at radius 3 is 2.45 bits per heavy atom. The van der Waals surface area contributed by atoms with Crippen molar-refractivity contribution in [1.29, 1.82) is 0 Å². The Bertz CT molecular complexity index is 1430. The molecule has 1 fully saturated rings. The van der Waals surface area contributed by atoms with Crippen LogP contribution in [0.3, 0.4) is 0 Å². The minimum atomic E-state index is 0.0515. The van der Waals surface area contributed by atoms with Crippen molar-refractivity contribution in [3.05, 3.63) is 71.3 Å². The fourth-order valence-electron chi connectivity index (χ4n) is 5.61. The lowest BCUT2D eigenvalue weighted by molar-refractivity contribution is 0.104. The van der Waals surface area contributed by atoms with Crippen molar-refractivity contribution < 1.29 is 9.32 Å². The monoisotopic (exact) mass is 436 g/mol. The molecule has 3 heterocycles. The van der Waals surface area contributed by atoms with Crippen LogP contribution < -0.4 is 9.80 Å². The molecule has 164 valence electrons. The number of hydrogen-bond acceptors (Lipinski definition) is 6. The number of anilines is 3. The van der Waals surface area contributed by atoms with Gasteiger partial charge in [-0.05, 0) is 31.2 Å². The highest BCUT2D eigenvalue weighted by Crippen LogP contribution is 2.49. The standard InChI is InChI=1S/C27H24N4O2/c1-29-12-14-30(15-13-29)22-16-21(31-11-10-17-6-2-5-9-20(17)31)23-24-25(22)28-33-27(24)19-8-4-3-7-18(19)26(23)32/h2-9,16H,10-15H2,1H3. The zero-order valence-electron chi connectivity index (χ0n) is 18.5. The third kappa shape index (κ3) is 2.64. The molecule has 0 spiro atoms. The van der Waals surface area contributed by atoms with Crippen LogP contribution in [0.15, 0.2) is 59.1 Å². The van der Waals surface area contributed by atoms with E-state index < -0.39 is 0 Å². The minimum absolute atomic E-state index is 0.0515. The molecule has 1 aromatic heterocycles. The van der Waals surface area contributed by atoms with E-state index in [4.69, 9.17) is 4.52 Å². The van der Waals surface area contributed by atoms with Gasteiger partial charge in [0, 0.05) is 49.5 Å². The van der Waals surface area contributed by atoms with E-state index >= 15 is 0 Å². The highest BCUT2D eigenvalue weighted by molar-refractivity contribution is 6.29. The van der Waals surface area contributed by atoms with Crippen molar-refractivity contribution in [2.75, 3.05) is 49.6 Å². The second-order valence-electron chi connectivity index (χ2n) is 9.22. The Kier molecular flexibility index (Phi) is 3.96. The molecule has 0 amide bonds. The predicted molar refractivity (Wildman–Crippen MR) is 130 cm³/mol. The molecular weight excluding hydrogens is 412 g/mol. The predicted octanol–water partition coefficient (Wildman–Crippen LogP) is 4.49. The van der Waals surface area contributed by atoms with Gasteiger partial charge in [0.05, 0.1) is 22.3 Å². The van der Waals surface area contributed by atoms with Gasteiger partial charge in [-0.2, -0.15) is 0 Å². The van der Waals surface area contributed by atoms with Crippen LogP contribution in [0.25, 0.3) is 22.2 Å². The summed E-state index contributed by atoms with van der Waals surface area (Å²) < 4.78 is 5.95. The smallest absolute Gasteiger partial charge is 0.196 e. The van der Waals surface area contributed by atoms with Gasteiger partial charge in [0.2, 0.25) is 0 Å². The number of piperazine rings is 1. The summed E-state index contributed by atoms with van der Waals surface area (Å²) in [5.74, 6) is 0.760. The van der Waals surface area contributed by atoms with Gasteiger partial charge in [0.1, 0.15) is 5.52 Å². The number of rotatable bonds is 2. The molecule has 4 aromatic rings. The van der Waals surface area contributed by atoms with Crippen LogP contribution in [-0.4, -0.2) is 55.6 Å². The first-order chi connectivity index (χ1) is 16.2. The third-order valence-electron chi connectivity index (χ3n) is 7.38. The van der Waals surface area contributed by atoms with Gasteiger partial charge >= 0.3 is 0 Å². The summed E-state index contributed by atoms with van der Waals surface area (Å²) in [5.41, 5.74) is 7.55. The average molecular weight is 437 g/mol. The summed E-state index contributed by atoms with van der Waals surface area (Å²) in [6.07, 6.45) is 0.971. The molecule has 7 rings (SSSR count). The van der Waals surface area contributed by atoms with Crippen LogP contribution in [0.1, 0.15) is 21.5 Å². The van der Waals surface area contributed by atoms with Crippen molar-refractivity contribution in [1.82, 2.24) is 10.1 Å². The lowest BCUT2D eigenvalue weighted by Gasteiger charge is -2.35. The van der Waals surface area contributed by atoms with E-state index in [0.717, 1.165) is 72.5 Å². The molecule has 3 aliphatic rings. The molecule has 0 saturated carbocycles. The number of likely N-dealkylation sites (N-methyl/N-ethyl adjacent to an activating group) is 1. The van der Waals surface area contributed by atoms with E-state index in [1.54, 1.807) is 0 Å². The summed E-state index contributed by atoms with van der Waals surface area (Å²) in [4.78, 5) is 20.9. The van der Waals surface area contributed by atoms with Gasteiger partial charge < -0.3 is 19.2 Å². The lowest BCUT2D eigenvalue weighted by Crippen LogP contribution is -2.44. The molecule has 0 N–H and O–H groups in total. The fourth-order valence-corrected chi connectivity index (χ4v) is 5.61. The maximum absolute atomic E-state index is 13.9. The van der Waals surface area contributed by atoms with Crippen LogP contribution >= 0.6 is 0 Å². The summed E-state index contributed by atoms with van der Waals surface area (Å²) in [6, 6.07) is 18.4. The van der Waals surface area contributed by atoms with Crippen molar-refractivity contribution >= 4 is 33.7 Å². The minimum Gasteiger partial charge on any atom is -0.367 e. The first kappa shape index (κ1) is 18.9. The Morgan fingerprint density at radius 1 is 0.848 bits per heavy atom. The number of aromatic nitrogens is 1. The van der Waals surface area contributed by atoms with E-state index in [9.17, 15) is 4.79 Å². The van der Waals surface area contributed by atoms with Crippen LogP contribution in [-0.2, 0) is 6.42 Å². The zero-order valence-corrected chi connectivity index (χ0v) is 18.5. The van der Waals surface area contributed by atoms with Gasteiger partial charge in [0.15, 0.2) is 11.5 Å². The summed E-state index contributed by atoms with van der Waals surface area (Å²) >= 11 is 0. The average Bonchev–Trinajstić information content (AvgIpc) is 3.48. The molecule has 1 aliphatic carbocycles. The topological polar surface area (TPSA) is 52.8 Å². The highest BCUT2D eigenvalue weighted by atomic mass is 16.5. The van der Waals surface area contributed by atoms with Crippen molar-refractivity contribution in [3.63, 3.8) is 0 Å². The van der Waals surface area contributed by atoms with Crippen LogP contribution in [0.2, 0.25) is 0 Å². The number of carbonyl (C=O) groups is 1. The van der Waals surface area contributed by atoms with E-state index in [1.807, 2.05) is 24.3 Å². The molecule has 0 unspecified atom stereocenters. The number of para-hydroxylation sites is 1. The maximum Gasteiger partial charge on any atom is 0.196 e. The Labute approximate surface area is 192 Å². The third-order valence-corrected chi connectivity index (χ3v) is 7.38. The van der Waals surface area contributed by atoms with E-state index in [0.29, 0.717) is 11.3 Å². The second kappa shape index (κ2) is 6.93. The van der Waals surface area contributed by atoms with Gasteiger partial charge in [-0.3, -0.25) is 4.79 Å². The van der Waals surface area contributed by atoms with Crippen LogP contribution in [0.4, 0.5) is 17.1 Å². The van der Waals surface area contributed by atoms with Gasteiger partial charge in [0.25, 0.3) is 0 Å². The Balaban J connectivity index is 1.52. The first-order valence-electron chi connectivity index (χ1n) is 11.6. The Hall–Kier alpha value is -3.64. The number of fused-ring (bicyclic) bond motifs is 3. The molecule has 2 aliphatic heterocycles. The quantitative estimate of drug-likeness (QED) is 0.407. The Morgan fingerprint density at radius 2 is 1.61 bits per heavy atom. The number of carbonyl (C=O) groups excluding carboxylic acids is 1. The second-order valence-corrected chi connectivity index (χ2v) is 9.22. The molecule has 6 heteroatoms. The van der Waals surface area contributed by atoms with Gasteiger partial charge in [-0.15, -0.1) is 0 Å². The van der Waals surface area contributed by atoms with Gasteiger partial charge in [-0.25, -0.2) is 0 Å². The van der Waals surface area contributed by atoms with Crippen LogP contribution in [0.5, 0.6) is 0 Å². The zero-order chi connectivity index (χ0) is 22.1. The molecule has 0 atom stereocenters. The maximum atomic E-state index is 13.9. The summed E-state index contributed by atoms with van der Waals surface area (Å²) in [7, 11) is 2.16. The van der Waals surface area contributed by atoms with Gasteiger partial charge in [-0.1, -0.05) is 47.6 Å². The largest absolute Gasteiger partial charge is 0.367 e. The summed E-state index contributed by atoms with van der Waals surface area (Å²) in [6.45, 7) is 4.70. The number of ketones is 1. The molecular formula is C27H24N4O2. The molecule has 6 nitrogen and oxygen atoms in total. The highest BCUT2D eigenvalue weighted by Gasteiger charge is 2.36. The first-order valence-corrected chi connectivity index (χ1v) is 11.6. The fraction of sp³-hybridized carbons (Fsp3) is 0.259. The van der Waals surface area contributed by atoms with E-state index in [2.05, 4.69) is 57.2 Å². The van der Waals surface area contributed by atoms with E-state index in [-0.39, 0.29) is 5.78 Å². The van der Waals surface area contributed by atoms with Crippen LogP contribution in [0, 0.1) is 0 Å². The number of hydrogen-bond donors (Lipinski definition) is 0. The molecule has 1 saturated heterocycles. The van der Waals surface area contributed by atoms with Crippen molar-refractivity contribution in [2.45, 2.75) is 6.42 Å². The molecule has 33 heavy (non-hydrogen) atoms.